The number of nitrogens with one attached hydrogen (secondary N) is 2. The number of rotatable bonds is 5. The lowest BCUT2D eigenvalue weighted by atomic mass is 10.4. The maximum Gasteiger partial charge on any atom is 0.255 e. The van der Waals surface area contributed by atoms with Gasteiger partial charge in [0, 0.05) is 6.20 Å². The van der Waals surface area contributed by atoms with E-state index in [4.69, 9.17) is 11.6 Å². The number of hydrogen-bond acceptors (Lipinski definition) is 5. The predicted molar refractivity (Wildman–Crippen MR) is 76.3 cm³/mol. The lowest BCUT2D eigenvalue weighted by molar-refractivity contribution is 0.557. The summed E-state index contributed by atoms with van der Waals surface area (Å²) in [4.78, 5) is 6.92. The molecule has 1 aromatic carbocycles. The normalized spacial score (nSPS) is 12.2. The fourth-order valence-corrected chi connectivity index (χ4v) is 3.53. The zero-order valence-electron chi connectivity index (χ0n) is 10.4. The van der Waals surface area contributed by atoms with Gasteiger partial charge in [0.25, 0.3) is 20.0 Å². The summed E-state index contributed by atoms with van der Waals surface area (Å²) >= 11 is 5.55. The first-order valence-corrected chi connectivity index (χ1v) is 8.86. The molecule has 7 nitrogen and oxygen atoms in total. The molecule has 0 aliphatic carbocycles. The second-order valence-corrected chi connectivity index (χ2v) is 7.59. The Hall–Kier alpha value is -1.52. The van der Waals surface area contributed by atoms with Crippen molar-refractivity contribution in [2.45, 2.75) is 9.79 Å². The zero-order chi connectivity index (χ0) is 15.5. The number of hydrogen-bond donors (Lipinski definition) is 2. The second-order valence-electron chi connectivity index (χ2n) is 3.84. The van der Waals surface area contributed by atoms with E-state index in [1.807, 2.05) is 0 Å². The van der Waals surface area contributed by atoms with Crippen molar-refractivity contribution < 1.29 is 16.8 Å². The van der Waals surface area contributed by atoms with E-state index in [9.17, 15) is 16.8 Å². The zero-order valence-corrected chi connectivity index (χ0v) is 12.8. The fourth-order valence-electron chi connectivity index (χ4n) is 1.35. The number of halogens is 1. The van der Waals surface area contributed by atoms with Crippen LogP contribution in [0, 0.1) is 0 Å². The van der Waals surface area contributed by atoms with E-state index in [1.54, 1.807) is 15.7 Å². The van der Waals surface area contributed by atoms with Crippen molar-refractivity contribution in [3.05, 3.63) is 53.8 Å². The van der Waals surface area contributed by atoms with Crippen LogP contribution in [0.4, 0.5) is 0 Å². The van der Waals surface area contributed by atoms with Gasteiger partial charge >= 0.3 is 0 Å². The molecule has 21 heavy (non-hydrogen) atoms. The molecule has 0 unspecified atom stereocenters. The Morgan fingerprint density at radius 3 is 1.90 bits per heavy atom. The average Bonchev–Trinajstić information content (AvgIpc) is 2.47. The quantitative estimate of drug-likeness (QED) is 0.617. The van der Waals surface area contributed by atoms with Crippen molar-refractivity contribution in [1.29, 1.82) is 0 Å². The molecule has 0 aliphatic rings. The summed E-state index contributed by atoms with van der Waals surface area (Å²) in [7, 11) is -8.08. The van der Waals surface area contributed by atoms with Crippen LogP contribution in [0.15, 0.2) is 58.5 Å². The van der Waals surface area contributed by atoms with E-state index in [2.05, 4.69) is 4.98 Å². The van der Waals surface area contributed by atoms with Crippen LogP contribution in [0.1, 0.15) is 0 Å². The molecule has 0 bridgehead atoms. The number of hydrazine groups is 1. The van der Waals surface area contributed by atoms with Crippen molar-refractivity contribution >= 4 is 31.6 Å². The van der Waals surface area contributed by atoms with Crippen LogP contribution >= 0.6 is 11.6 Å². The van der Waals surface area contributed by atoms with Gasteiger partial charge in [-0.05, 0) is 24.3 Å². The molecule has 1 aromatic heterocycles. The van der Waals surface area contributed by atoms with Crippen LogP contribution in [-0.2, 0) is 20.0 Å². The van der Waals surface area contributed by atoms with Gasteiger partial charge in [0.05, 0.1) is 4.90 Å². The molecule has 10 heteroatoms. The lowest BCUT2D eigenvalue weighted by Gasteiger charge is -2.09. The third-order valence-corrected chi connectivity index (χ3v) is 5.22. The van der Waals surface area contributed by atoms with Crippen LogP contribution in [0.5, 0.6) is 0 Å². The first kappa shape index (κ1) is 15.9. The molecule has 0 amide bonds. The summed E-state index contributed by atoms with van der Waals surface area (Å²) in [6.07, 6.45) is 1.02. The topological polar surface area (TPSA) is 105 Å². The van der Waals surface area contributed by atoms with E-state index in [0.29, 0.717) is 0 Å². The van der Waals surface area contributed by atoms with Crippen molar-refractivity contribution in [3.63, 3.8) is 0 Å². The molecule has 0 saturated carbocycles. The van der Waals surface area contributed by atoms with E-state index < -0.39 is 20.0 Å². The summed E-state index contributed by atoms with van der Waals surface area (Å²) in [5.41, 5.74) is 0. The maximum absolute atomic E-state index is 11.9. The molecule has 0 fully saturated rings. The lowest BCUT2D eigenvalue weighted by Crippen LogP contribution is -2.41. The highest BCUT2D eigenvalue weighted by molar-refractivity contribution is 7.92. The smallest absolute Gasteiger partial charge is 0.243 e. The SMILES string of the molecule is O=S(=O)(NNS(=O)(=O)c1ccc(Cl)nc1)c1ccccc1. The van der Waals surface area contributed by atoms with Crippen LogP contribution in [0.25, 0.3) is 0 Å². The molecule has 0 atom stereocenters. The predicted octanol–water partition coefficient (Wildman–Crippen LogP) is 0.907. The molecule has 112 valence electrons. The Morgan fingerprint density at radius 2 is 1.38 bits per heavy atom. The Morgan fingerprint density at radius 1 is 0.810 bits per heavy atom. The van der Waals surface area contributed by atoms with Crippen molar-refractivity contribution in [1.82, 2.24) is 14.6 Å². The monoisotopic (exact) mass is 347 g/mol. The molecular weight excluding hydrogens is 338 g/mol. The van der Waals surface area contributed by atoms with Crippen molar-refractivity contribution in [2.24, 2.45) is 0 Å². The Labute approximate surface area is 127 Å². The summed E-state index contributed by atoms with van der Waals surface area (Å²) < 4.78 is 47.6. The fraction of sp³-hybridized carbons (Fsp3) is 0. The van der Waals surface area contributed by atoms with Crippen LogP contribution in [-0.4, -0.2) is 21.8 Å². The first-order chi connectivity index (χ1) is 9.81. The molecule has 0 saturated heterocycles. The van der Waals surface area contributed by atoms with Gasteiger partial charge in [-0.2, -0.15) is 0 Å². The number of benzene rings is 1. The average molecular weight is 348 g/mol. The van der Waals surface area contributed by atoms with Crippen LogP contribution in [0.2, 0.25) is 5.15 Å². The first-order valence-electron chi connectivity index (χ1n) is 5.51. The maximum atomic E-state index is 11.9. The van der Waals surface area contributed by atoms with Gasteiger partial charge in [-0.25, -0.2) is 21.8 Å². The van der Waals surface area contributed by atoms with E-state index in [-0.39, 0.29) is 14.9 Å². The van der Waals surface area contributed by atoms with Crippen molar-refractivity contribution in [2.75, 3.05) is 0 Å². The molecule has 1 heterocycles. The van der Waals surface area contributed by atoms with E-state index in [1.165, 1.54) is 36.4 Å². The van der Waals surface area contributed by atoms with E-state index >= 15 is 0 Å². The van der Waals surface area contributed by atoms with Gasteiger partial charge < -0.3 is 0 Å². The number of sulfonamides is 2. The van der Waals surface area contributed by atoms with Gasteiger partial charge in [-0.3, -0.25) is 0 Å². The molecule has 0 radical (unpaired) electrons. The Bertz CT molecular complexity index is 822. The third kappa shape index (κ3) is 3.99. The largest absolute Gasteiger partial charge is 0.255 e. The third-order valence-electron chi connectivity index (χ3n) is 2.37. The highest BCUT2D eigenvalue weighted by Gasteiger charge is 2.19. The summed E-state index contributed by atoms with van der Waals surface area (Å²) in [5, 5.41) is 0.124. The molecule has 2 aromatic rings. The Kier molecular flexibility index (Phi) is 4.59. The standard InChI is InChI=1S/C11H10ClN3O4S2/c12-11-7-6-10(8-13-11)21(18,19)15-14-20(16,17)9-4-2-1-3-5-9/h1-8,14-15H. The minimum Gasteiger partial charge on any atom is -0.243 e. The summed E-state index contributed by atoms with van der Waals surface area (Å²) in [6, 6.07) is 9.83. The van der Waals surface area contributed by atoms with Crippen LogP contribution < -0.4 is 9.66 Å². The van der Waals surface area contributed by atoms with Gasteiger partial charge in [-0.15, -0.1) is 9.66 Å². The second kappa shape index (κ2) is 6.08. The van der Waals surface area contributed by atoms with Gasteiger partial charge in [0.15, 0.2) is 0 Å². The molecule has 0 aliphatic heterocycles. The number of aromatic nitrogens is 1. The van der Waals surface area contributed by atoms with Crippen LogP contribution in [0.3, 0.4) is 0 Å². The highest BCUT2D eigenvalue weighted by atomic mass is 35.5. The van der Waals surface area contributed by atoms with Crippen molar-refractivity contribution in [3.8, 4) is 0 Å². The van der Waals surface area contributed by atoms with Gasteiger partial charge in [0.1, 0.15) is 10.0 Å². The highest BCUT2D eigenvalue weighted by Crippen LogP contribution is 2.11. The minimum atomic E-state index is -4.08. The summed E-state index contributed by atoms with van der Waals surface area (Å²) in [5.74, 6) is 0. The van der Waals surface area contributed by atoms with E-state index in [0.717, 1.165) is 6.20 Å². The molecule has 0 spiro atoms. The molecular formula is C11H10ClN3O4S2. The van der Waals surface area contributed by atoms with Gasteiger partial charge in [0.2, 0.25) is 0 Å². The number of nitrogens with zero attached hydrogens (tertiary/aromatic N) is 1. The summed E-state index contributed by atoms with van der Waals surface area (Å²) in [6.45, 7) is 0. The molecule has 2 rings (SSSR count). The molecule has 2 N–H and O–H groups in total. The number of pyridine rings is 1. The Balaban J connectivity index is 2.17. The van der Waals surface area contributed by atoms with Gasteiger partial charge in [-0.1, -0.05) is 29.8 Å². The minimum absolute atomic E-state index is 0.0677.